The molecule has 11 nitrogen and oxygen atoms in total. The van der Waals surface area contributed by atoms with Gasteiger partial charge in [-0.05, 0) is 30.7 Å². The van der Waals surface area contributed by atoms with Gasteiger partial charge in [0.25, 0.3) is 17.5 Å². The second-order valence-electron chi connectivity index (χ2n) is 6.26. The van der Waals surface area contributed by atoms with Gasteiger partial charge in [-0.2, -0.15) is 5.10 Å². The van der Waals surface area contributed by atoms with Crippen molar-refractivity contribution in [3.8, 4) is 0 Å². The van der Waals surface area contributed by atoms with E-state index in [9.17, 15) is 29.3 Å². The number of carbonyl (C=O) groups excluding carboxylic acids is 4. The number of carbonyl (C=O) groups is 4. The lowest BCUT2D eigenvalue weighted by molar-refractivity contribution is -0.384. The summed E-state index contributed by atoms with van der Waals surface area (Å²) in [4.78, 5) is 59.9. The lowest BCUT2D eigenvalue weighted by Crippen LogP contribution is -2.59. The van der Waals surface area contributed by atoms with E-state index in [1.165, 1.54) is 12.1 Å². The molecule has 30 heavy (non-hydrogen) atoms. The normalized spacial score (nSPS) is 16.5. The number of barbiturate groups is 1. The van der Waals surface area contributed by atoms with Crippen molar-refractivity contribution in [1.82, 2.24) is 10.7 Å². The molecule has 2 aromatic carbocycles. The first-order valence-corrected chi connectivity index (χ1v) is 8.62. The van der Waals surface area contributed by atoms with Gasteiger partial charge in [0.15, 0.2) is 5.92 Å². The molecule has 1 saturated heterocycles. The summed E-state index contributed by atoms with van der Waals surface area (Å²) in [5, 5.41) is 16.4. The molecule has 0 unspecified atom stereocenters. The molecule has 0 spiro atoms. The van der Waals surface area contributed by atoms with Gasteiger partial charge in [0.05, 0.1) is 10.6 Å². The molecule has 1 aliphatic heterocycles. The Morgan fingerprint density at radius 2 is 1.83 bits per heavy atom. The minimum Gasteiger partial charge on any atom is -0.276 e. The topological polar surface area (TPSA) is 151 Å². The average molecular weight is 409 g/mol. The molecule has 0 aromatic heterocycles. The molecule has 1 heterocycles. The van der Waals surface area contributed by atoms with E-state index in [0.717, 1.165) is 23.2 Å². The first-order valence-electron chi connectivity index (χ1n) is 8.62. The highest BCUT2D eigenvalue weighted by Crippen LogP contribution is 2.23. The maximum absolute atomic E-state index is 12.7. The van der Waals surface area contributed by atoms with Gasteiger partial charge in [-0.25, -0.2) is 15.1 Å². The second kappa shape index (κ2) is 8.31. The van der Waals surface area contributed by atoms with E-state index in [1.54, 1.807) is 31.2 Å². The van der Waals surface area contributed by atoms with Crippen LogP contribution < -0.4 is 15.6 Å². The number of nitrogens with zero attached hydrogens (tertiary/aromatic N) is 3. The van der Waals surface area contributed by atoms with Crippen LogP contribution in [0.15, 0.2) is 53.6 Å². The SMILES string of the molecule is Cc1ccccc1N1C(=O)NC(=O)[C@@H](/C=N\NC(=O)c2ccc([N+](=O)[O-])cc2)C1=O. The zero-order chi connectivity index (χ0) is 21.8. The first-order chi connectivity index (χ1) is 14.3. The van der Waals surface area contributed by atoms with Crippen molar-refractivity contribution in [3.63, 3.8) is 0 Å². The Balaban J connectivity index is 1.74. The molecule has 2 aromatic rings. The Morgan fingerprint density at radius 3 is 2.47 bits per heavy atom. The van der Waals surface area contributed by atoms with Crippen LogP contribution in [0.3, 0.4) is 0 Å². The van der Waals surface area contributed by atoms with Crippen LogP contribution in [0.5, 0.6) is 0 Å². The van der Waals surface area contributed by atoms with Crippen LogP contribution in [0.25, 0.3) is 0 Å². The van der Waals surface area contributed by atoms with Crippen LogP contribution in [-0.4, -0.2) is 34.9 Å². The van der Waals surface area contributed by atoms with Crippen LogP contribution in [0.4, 0.5) is 16.2 Å². The summed E-state index contributed by atoms with van der Waals surface area (Å²) >= 11 is 0. The molecule has 5 amide bonds. The maximum atomic E-state index is 12.7. The zero-order valence-corrected chi connectivity index (χ0v) is 15.6. The molecular formula is C19H15N5O6. The number of hydrogen-bond acceptors (Lipinski definition) is 7. The molecule has 3 rings (SSSR count). The molecule has 0 aliphatic carbocycles. The quantitative estimate of drug-likeness (QED) is 0.331. The Kier molecular flexibility index (Phi) is 5.63. The van der Waals surface area contributed by atoms with Gasteiger partial charge in [0.2, 0.25) is 5.91 Å². The highest BCUT2D eigenvalue weighted by molar-refractivity contribution is 6.32. The number of benzene rings is 2. The van der Waals surface area contributed by atoms with Gasteiger partial charge < -0.3 is 0 Å². The molecule has 1 atom stereocenters. The minimum atomic E-state index is -1.43. The molecule has 0 saturated carbocycles. The fourth-order valence-electron chi connectivity index (χ4n) is 2.73. The van der Waals surface area contributed by atoms with E-state index in [0.29, 0.717) is 11.3 Å². The number of nitro groups is 1. The molecule has 152 valence electrons. The van der Waals surface area contributed by atoms with Gasteiger partial charge in [0, 0.05) is 23.9 Å². The average Bonchev–Trinajstić information content (AvgIpc) is 2.71. The summed E-state index contributed by atoms with van der Waals surface area (Å²) in [6, 6.07) is 10.6. The number of rotatable bonds is 5. The van der Waals surface area contributed by atoms with Crippen molar-refractivity contribution in [1.29, 1.82) is 0 Å². The summed E-state index contributed by atoms with van der Waals surface area (Å²) in [6.07, 6.45) is 0.915. The van der Waals surface area contributed by atoms with Crippen LogP contribution >= 0.6 is 0 Å². The number of para-hydroxylation sites is 1. The Bertz CT molecular complexity index is 1080. The fraction of sp³-hybridized carbons (Fsp3) is 0.105. The molecule has 11 heteroatoms. The molecule has 0 bridgehead atoms. The molecule has 2 N–H and O–H groups in total. The maximum Gasteiger partial charge on any atom is 0.335 e. The standard InChI is InChI=1S/C19H15N5O6/c1-11-4-2-3-5-15(11)23-18(27)14(17(26)21-19(23)28)10-20-22-16(25)12-6-8-13(9-7-12)24(29)30/h2-10,14H,1H3,(H,22,25)(H,21,26,28)/b20-10-/t14-/m1/s1. The largest absolute Gasteiger partial charge is 0.335 e. The van der Waals surface area contributed by atoms with E-state index < -0.39 is 34.6 Å². The van der Waals surface area contributed by atoms with Gasteiger partial charge in [0.1, 0.15) is 0 Å². The summed E-state index contributed by atoms with van der Waals surface area (Å²) in [6.45, 7) is 1.71. The monoisotopic (exact) mass is 409 g/mol. The van der Waals surface area contributed by atoms with Crippen molar-refractivity contribution < 1.29 is 24.1 Å². The number of hydrazone groups is 1. The number of anilines is 1. The van der Waals surface area contributed by atoms with Crippen molar-refractivity contribution >= 4 is 41.3 Å². The number of nitro benzene ring substituents is 1. The van der Waals surface area contributed by atoms with Crippen molar-refractivity contribution in [2.45, 2.75) is 6.92 Å². The van der Waals surface area contributed by atoms with Gasteiger partial charge in [-0.15, -0.1) is 0 Å². The number of aryl methyl sites for hydroxylation is 1. The molecule has 1 aliphatic rings. The van der Waals surface area contributed by atoms with Gasteiger partial charge in [-0.1, -0.05) is 18.2 Å². The van der Waals surface area contributed by atoms with E-state index in [-0.39, 0.29) is 11.3 Å². The van der Waals surface area contributed by atoms with Gasteiger partial charge >= 0.3 is 6.03 Å². The summed E-state index contributed by atoms with van der Waals surface area (Å²) in [7, 11) is 0. The summed E-state index contributed by atoms with van der Waals surface area (Å²) < 4.78 is 0. The zero-order valence-electron chi connectivity index (χ0n) is 15.6. The number of imide groups is 2. The summed E-state index contributed by atoms with van der Waals surface area (Å²) in [5.74, 6) is -3.81. The lowest BCUT2D eigenvalue weighted by Gasteiger charge is -2.29. The third-order valence-electron chi connectivity index (χ3n) is 4.29. The number of non-ortho nitro benzene ring substituents is 1. The Hall–Kier alpha value is -4.41. The van der Waals surface area contributed by atoms with Crippen LogP contribution in [0.2, 0.25) is 0 Å². The molecule has 0 radical (unpaired) electrons. The van der Waals surface area contributed by atoms with Crippen LogP contribution in [0, 0.1) is 23.0 Å². The summed E-state index contributed by atoms with van der Waals surface area (Å²) in [5.41, 5.74) is 3.02. The van der Waals surface area contributed by atoms with Crippen molar-refractivity contribution in [3.05, 3.63) is 69.8 Å². The van der Waals surface area contributed by atoms with E-state index >= 15 is 0 Å². The van der Waals surface area contributed by atoms with E-state index in [1.807, 2.05) is 0 Å². The third-order valence-corrected chi connectivity index (χ3v) is 4.29. The predicted molar refractivity (Wildman–Crippen MR) is 105 cm³/mol. The number of hydrogen-bond donors (Lipinski definition) is 2. The lowest BCUT2D eigenvalue weighted by atomic mass is 10.0. The smallest absolute Gasteiger partial charge is 0.276 e. The molecular weight excluding hydrogens is 394 g/mol. The highest BCUT2D eigenvalue weighted by Gasteiger charge is 2.40. The molecule has 1 fully saturated rings. The van der Waals surface area contributed by atoms with Crippen molar-refractivity contribution in [2.24, 2.45) is 11.0 Å². The number of urea groups is 1. The second-order valence-corrected chi connectivity index (χ2v) is 6.26. The van der Waals surface area contributed by atoms with Crippen LogP contribution in [0.1, 0.15) is 15.9 Å². The first kappa shape index (κ1) is 20.3. The minimum absolute atomic E-state index is 0.0916. The Morgan fingerprint density at radius 1 is 1.17 bits per heavy atom. The van der Waals surface area contributed by atoms with E-state index in [4.69, 9.17) is 0 Å². The fourth-order valence-corrected chi connectivity index (χ4v) is 2.73. The third kappa shape index (κ3) is 4.04. The number of nitrogens with one attached hydrogen (secondary N) is 2. The number of amides is 5. The van der Waals surface area contributed by atoms with Crippen molar-refractivity contribution in [2.75, 3.05) is 4.90 Å². The van der Waals surface area contributed by atoms with Crippen LogP contribution in [-0.2, 0) is 9.59 Å². The van der Waals surface area contributed by atoms with E-state index in [2.05, 4.69) is 15.8 Å². The van der Waals surface area contributed by atoms with Gasteiger partial charge in [-0.3, -0.25) is 29.8 Å². The highest BCUT2D eigenvalue weighted by atomic mass is 16.6. The predicted octanol–water partition coefficient (Wildman–Crippen LogP) is 1.52. The Labute approximate surface area is 169 Å².